The lowest BCUT2D eigenvalue weighted by molar-refractivity contribution is -0.267. The first-order valence-electron chi connectivity index (χ1n) is 3.03. The van der Waals surface area contributed by atoms with Gasteiger partial charge in [-0.05, 0) is 17.3 Å². The van der Waals surface area contributed by atoms with E-state index < -0.39 is 11.7 Å². The molecule has 0 saturated carbocycles. The number of aromatic carboxylic acids is 1. The number of carbonyl (C=O) groups is 1. The molecule has 0 heterocycles. The van der Waals surface area contributed by atoms with Crippen molar-refractivity contribution in [2.24, 2.45) is 5.18 Å². The predicted molar refractivity (Wildman–Crippen MR) is 38.3 cm³/mol. The van der Waals surface area contributed by atoms with Gasteiger partial charge in [0, 0.05) is 0 Å². The number of nitroso groups, excluding NO2 is 1. The Balaban J connectivity index is 3.22. The van der Waals surface area contributed by atoms with Crippen LogP contribution < -0.4 is 5.11 Å². The first kappa shape index (κ1) is 8.19. The van der Waals surface area contributed by atoms with Crippen LogP contribution in [0.2, 0.25) is 0 Å². The number of carboxylic acids is 1. The SMILES string of the molecule is O=Nc1cc(C(=O)O)ccc1[O-]. The van der Waals surface area contributed by atoms with Crippen molar-refractivity contribution in [2.75, 3.05) is 0 Å². The van der Waals surface area contributed by atoms with Crippen molar-refractivity contribution in [2.45, 2.75) is 0 Å². The summed E-state index contributed by atoms with van der Waals surface area (Å²) in [6.07, 6.45) is 0. The molecule has 0 unspecified atom stereocenters. The fourth-order valence-electron chi connectivity index (χ4n) is 0.722. The molecule has 0 radical (unpaired) electrons. The maximum atomic E-state index is 10.7. The zero-order valence-corrected chi connectivity index (χ0v) is 5.85. The highest BCUT2D eigenvalue weighted by Gasteiger charge is 2.03. The number of hydrogen-bond acceptors (Lipinski definition) is 4. The molecule has 0 atom stereocenters. The Bertz CT molecular complexity index is 334. The van der Waals surface area contributed by atoms with E-state index in [2.05, 4.69) is 5.18 Å². The third-order valence-electron chi connectivity index (χ3n) is 1.30. The van der Waals surface area contributed by atoms with Crippen LogP contribution in [0.15, 0.2) is 23.4 Å². The van der Waals surface area contributed by atoms with E-state index in [1.165, 1.54) is 0 Å². The number of carboxylic acid groups (broad SMARTS) is 1. The second-order valence-electron chi connectivity index (χ2n) is 2.08. The maximum absolute atomic E-state index is 10.7. The Morgan fingerprint density at radius 1 is 1.50 bits per heavy atom. The van der Waals surface area contributed by atoms with Crippen molar-refractivity contribution in [1.29, 1.82) is 0 Å². The van der Waals surface area contributed by atoms with E-state index in [0.29, 0.717) is 0 Å². The molecule has 0 aliphatic heterocycles. The van der Waals surface area contributed by atoms with E-state index >= 15 is 0 Å². The molecule has 0 fully saturated rings. The highest BCUT2D eigenvalue weighted by atomic mass is 16.4. The standard InChI is InChI=1S/C7H5NO4/c9-6-2-1-4(7(10)11)3-5(6)8-12/h1-3,9H,(H,10,11)/p-1. The third-order valence-corrected chi connectivity index (χ3v) is 1.30. The number of rotatable bonds is 2. The molecule has 0 amide bonds. The summed E-state index contributed by atoms with van der Waals surface area (Å²) in [7, 11) is 0. The van der Waals surface area contributed by atoms with Crippen LogP contribution in [0.5, 0.6) is 5.75 Å². The summed E-state index contributed by atoms with van der Waals surface area (Å²) in [5, 5.41) is 21.6. The lowest BCUT2D eigenvalue weighted by Gasteiger charge is -2.06. The second-order valence-corrected chi connectivity index (χ2v) is 2.08. The smallest absolute Gasteiger partial charge is 0.335 e. The molecular formula is C7H4NO4-. The van der Waals surface area contributed by atoms with Gasteiger partial charge in [0.2, 0.25) is 0 Å². The van der Waals surface area contributed by atoms with Gasteiger partial charge in [-0.2, -0.15) is 0 Å². The normalized spacial score (nSPS) is 9.33. The van der Waals surface area contributed by atoms with E-state index in [1.54, 1.807) is 0 Å². The minimum atomic E-state index is -1.19. The van der Waals surface area contributed by atoms with Crippen molar-refractivity contribution in [3.63, 3.8) is 0 Å². The highest BCUT2D eigenvalue weighted by molar-refractivity contribution is 5.89. The van der Waals surface area contributed by atoms with Crippen LogP contribution in [0.1, 0.15) is 10.4 Å². The van der Waals surface area contributed by atoms with Gasteiger partial charge < -0.3 is 10.2 Å². The van der Waals surface area contributed by atoms with Crippen LogP contribution in [0.3, 0.4) is 0 Å². The molecule has 0 aliphatic carbocycles. The summed E-state index contributed by atoms with van der Waals surface area (Å²) in [5.41, 5.74) is -0.501. The molecule has 1 N–H and O–H groups in total. The van der Waals surface area contributed by atoms with Crippen molar-refractivity contribution < 1.29 is 15.0 Å². The Labute approximate surface area is 67.2 Å². The lowest BCUT2D eigenvalue weighted by atomic mass is 10.2. The topological polar surface area (TPSA) is 89.8 Å². The molecule has 5 heteroatoms. The largest absolute Gasteiger partial charge is 0.871 e. The second kappa shape index (κ2) is 3.00. The zero-order chi connectivity index (χ0) is 9.14. The fraction of sp³-hybridized carbons (Fsp3) is 0. The Hall–Kier alpha value is -1.91. The summed E-state index contributed by atoms with van der Waals surface area (Å²) in [5.74, 6) is -1.77. The Morgan fingerprint density at radius 2 is 2.17 bits per heavy atom. The Kier molecular flexibility index (Phi) is 2.05. The maximum Gasteiger partial charge on any atom is 0.335 e. The average molecular weight is 166 g/mol. The van der Waals surface area contributed by atoms with Crippen LogP contribution in [0.25, 0.3) is 0 Å². The predicted octanol–water partition coefficient (Wildman–Crippen LogP) is 0.856. The van der Waals surface area contributed by atoms with Gasteiger partial charge in [-0.25, -0.2) is 4.79 Å². The van der Waals surface area contributed by atoms with E-state index in [4.69, 9.17) is 5.11 Å². The van der Waals surface area contributed by atoms with Gasteiger partial charge >= 0.3 is 5.97 Å². The minimum Gasteiger partial charge on any atom is -0.871 e. The van der Waals surface area contributed by atoms with Crippen molar-refractivity contribution in [3.8, 4) is 5.75 Å². The van der Waals surface area contributed by atoms with Gasteiger partial charge in [-0.1, -0.05) is 11.8 Å². The molecule has 5 nitrogen and oxygen atoms in total. The summed E-state index contributed by atoms with van der Waals surface area (Å²) in [6, 6.07) is 3.07. The zero-order valence-electron chi connectivity index (χ0n) is 5.85. The molecule has 0 aliphatic rings. The van der Waals surface area contributed by atoms with Crippen LogP contribution in [-0.2, 0) is 0 Å². The molecule has 0 saturated heterocycles. The average Bonchev–Trinajstić information content (AvgIpc) is 2.05. The minimum absolute atomic E-state index is 0.121. The van der Waals surface area contributed by atoms with Crippen molar-refractivity contribution in [1.82, 2.24) is 0 Å². The van der Waals surface area contributed by atoms with E-state index in [-0.39, 0.29) is 11.3 Å². The van der Waals surface area contributed by atoms with Gasteiger partial charge in [-0.15, -0.1) is 4.91 Å². The summed E-state index contributed by atoms with van der Waals surface area (Å²) in [6.45, 7) is 0. The molecule has 62 valence electrons. The molecule has 0 bridgehead atoms. The monoisotopic (exact) mass is 166 g/mol. The fourth-order valence-corrected chi connectivity index (χ4v) is 0.722. The first-order chi connectivity index (χ1) is 5.65. The molecule has 0 spiro atoms. The Morgan fingerprint density at radius 3 is 2.67 bits per heavy atom. The summed E-state index contributed by atoms with van der Waals surface area (Å²) in [4.78, 5) is 20.3. The summed E-state index contributed by atoms with van der Waals surface area (Å²) < 4.78 is 0. The third kappa shape index (κ3) is 1.39. The van der Waals surface area contributed by atoms with Gasteiger partial charge in [-0.3, -0.25) is 0 Å². The van der Waals surface area contributed by atoms with Crippen LogP contribution in [0.4, 0.5) is 5.69 Å². The molecule has 1 rings (SSSR count). The van der Waals surface area contributed by atoms with E-state index in [9.17, 15) is 14.8 Å². The lowest BCUT2D eigenvalue weighted by Crippen LogP contribution is -1.97. The number of nitrogens with zero attached hydrogens (tertiary/aromatic N) is 1. The van der Waals surface area contributed by atoms with Crippen LogP contribution in [-0.4, -0.2) is 11.1 Å². The molecule has 0 aromatic heterocycles. The van der Waals surface area contributed by atoms with Gasteiger partial charge in [0.25, 0.3) is 0 Å². The summed E-state index contributed by atoms with van der Waals surface area (Å²) >= 11 is 0. The van der Waals surface area contributed by atoms with Crippen molar-refractivity contribution in [3.05, 3.63) is 28.7 Å². The molecule has 12 heavy (non-hydrogen) atoms. The number of hydrogen-bond donors (Lipinski definition) is 1. The van der Waals surface area contributed by atoms with Gasteiger partial charge in [0.15, 0.2) is 0 Å². The number of benzene rings is 1. The molecule has 1 aromatic carbocycles. The van der Waals surface area contributed by atoms with E-state index in [0.717, 1.165) is 18.2 Å². The van der Waals surface area contributed by atoms with Crippen LogP contribution in [0, 0.1) is 4.91 Å². The quantitative estimate of drug-likeness (QED) is 0.659. The first-order valence-corrected chi connectivity index (χ1v) is 3.03. The molecular weight excluding hydrogens is 162 g/mol. The van der Waals surface area contributed by atoms with Gasteiger partial charge in [0.05, 0.1) is 5.56 Å². The van der Waals surface area contributed by atoms with Crippen molar-refractivity contribution >= 4 is 11.7 Å². The van der Waals surface area contributed by atoms with Crippen LogP contribution >= 0.6 is 0 Å². The molecule has 1 aromatic rings. The highest BCUT2D eigenvalue weighted by Crippen LogP contribution is 2.23. The van der Waals surface area contributed by atoms with Gasteiger partial charge in [0.1, 0.15) is 5.69 Å². The van der Waals surface area contributed by atoms with E-state index in [1.807, 2.05) is 0 Å².